The van der Waals surface area contributed by atoms with Crippen LogP contribution in [0.5, 0.6) is 0 Å². The highest BCUT2D eigenvalue weighted by Crippen LogP contribution is 2.28. The van der Waals surface area contributed by atoms with Gasteiger partial charge in [-0.15, -0.1) is 0 Å². The average molecular weight is 494 g/mol. The first-order valence-electron chi connectivity index (χ1n) is 11.9. The number of benzene rings is 3. The Bertz CT molecular complexity index is 1320. The molecule has 2 aliphatic rings. The van der Waals surface area contributed by atoms with Crippen LogP contribution in [0, 0.1) is 5.82 Å². The number of nitrogens with one attached hydrogen (secondary N) is 1. The zero-order valence-corrected chi connectivity index (χ0v) is 20.2. The van der Waals surface area contributed by atoms with Gasteiger partial charge in [-0.3, -0.25) is 4.79 Å². The minimum absolute atomic E-state index is 0.0224. The number of carbonyl (C=O) groups excluding carboxylic acids is 1. The maximum atomic E-state index is 13.5. The second kappa shape index (κ2) is 9.79. The SMILES string of the molecule is O=C(c1ccccc1N1CCC(NS(=O)(=O)c2ccc(F)cc2)CC1)N1CCc2ccccc2C1. The summed E-state index contributed by atoms with van der Waals surface area (Å²) in [4.78, 5) is 17.6. The lowest BCUT2D eigenvalue weighted by atomic mass is 9.98. The largest absolute Gasteiger partial charge is 0.371 e. The fourth-order valence-corrected chi connectivity index (χ4v) is 6.21. The molecular weight excluding hydrogens is 465 g/mol. The van der Waals surface area contributed by atoms with Crippen LogP contribution in [-0.4, -0.2) is 44.9 Å². The first kappa shape index (κ1) is 23.5. The molecule has 3 aromatic rings. The van der Waals surface area contributed by atoms with E-state index in [1.165, 1.54) is 23.3 Å². The van der Waals surface area contributed by atoms with Crippen LogP contribution in [0.1, 0.15) is 34.3 Å². The van der Waals surface area contributed by atoms with Crippen molar-refractivity contribution in [1.82, 2.24) is 9.62 Å². The number of fused-ring (bicyclic) bond motifs is 1. The van der Waals surface area contributed by atoms with E-state index in [1.807, 2.05) is 41.3 Å². The van der Waals surface area contributed by atoms with Gasteiger partial charge in [0.15, 0.2) is 0 Å². The highest BCUT2D eigenvalue weighted by molar-refractivity contribution is 7.89. The molecule has 0 unspecified atom stereocenters. The highest BCUT2D eigenvalue weighted by atomic mass is 32.2. The normalized spacial score (nSPS) is 16.7. The van der Waals surface area contributed by atoms with Crippen LogP contribution in [-0.2, 0) is 23.0 Å². The first-order valence-corrected chi connectivity index (χ1v) is 13.4. The summed E-state index contributed by atoms with van der Waals surface area (Å²) in [7, 11) is -3.72. The molecule has 3 aromatic carbocycles. The summed E-state index contributed by atoms with van der Waals surface area (Å²) in [6.45, 7) is 2.56. The van der Waals surface area contributed by atoms with E-state index in [1.54, 1.807) is 0 Å². The molecule has 8 heteroatoms. The van der Waals surface area contributed by atoms with Crippen LogP contribution in [0.2, 0.25) is 0 Å². The van der Waals surface area contributed by atoms with Gasteiger partial charge in [-0.25, -0.2) is 17.5 Å². The van der Waals surface area contributed by atoms with Crippen LogP contribution in [0.15, 0.2) is 77.7 Å². The van der Waals surface area contributed by atoms with E-state index >= 15 is 0 Å². The van der Waals surface area contributed by atoms with E-state index < -0.39 is 15.8 Å². The smallest absolute Gasteiger partial charge is 0.256 e. The molecule has 2 aliphatic heterocycles. The Morgan fingerprint density at radius 2 is 1.51 bits per heavy atom. The van der Waals surface area contributed by atoms with Crippen LogP contribution in [0.25, 0.3) is 0 Å². The molecule has 1 N–H and O–H groups in total. The molecule has 5 rings (SSSR count). The number of sulfonamides is 1. The lowest BCUT2D eigenvalue weighted by Gasteiger charge is -2.36. The third kappa shape index (κ3) is 5.09. The average Bonchev–Trinajstić information content (AvgIpc) is 2.88. The van der Waals surface area contributed by atoms with Crippen molar-refractivity contribution in [3.8, 4) is 0 Å². The monoisotopic (exact) mass is 493 g/mol. The number of piperidine rings is 1. The van der Waals surface area contributed by atoms with Gasteiger partial charge in [-0.2, -0.15) is 0 Å². The quantitative estimate of drug-likeness (QED) is 0.584. The van der Waals surface area contributed by atoms with Crippen LogP contribution < -0.4 is 9.62 Å². The van der Waals surface area contributed by atoms with Gasteiger partial charge in [-0.05, 0) is 66.8 Å². The molecule has 0 radical (unpaired) electrons. The second-order valence-corrected chi connectivity index (χ2v) is 10.8. The Morgan fingerprint density at radius 1 is 0.857 bits per heavy atom. The molecule has 0 atom stereocenters. The number of para-hydroxylation sites is 1. The number of hydrogen-bond donors (Lipinski definition) is 1. The van der Waals surface area contributed by atoms with Gasteiger partial charge in [0.2, 0.25) is 10.0 Å². The van der Waals surface area contributed by atoms with Crippen LogP contribution >= 0.6 is 0 Å². The molecular formula is C27H28FN3O3S. The molecule has 0 spiro atoms. The summed E-state index contributed by atoms with van der Waals surface area (Å²) in [5, 5.41) is 0. The van der Waals surface area contributed by atoms with Gasteiger partial charge >= 0.3 is 0 Å². The van der Waals surface area contributed by atoms with Crippen molar-refractivity contribution in [3.63, 3.8) is 0 Å². The summed E-state index contributed by atoms with van der Waals surface area (Å²) in [5.41, 5.74) is 4.06. The predicted octanol–water partition coefficient (Wildman–Crippen LogP) is 3.97. The molecule has 1 fully saturated rings. The Kier molecular flexibility index (Phi) is 6.58. The summed E-state index contributed by atoms with van der Waals surface area (Å²) in [5.74, 6) is -0.450. The molecule has 35 heavy (non-hydrogen) atoms. The molecule has 6 nitrogen and oxygen atoms in total. The maximum Gasteiger partial charge on any atom is 0.256 e. The molecule has 2 heterocycles. The Balaban J connectivity index is 1.25. The molecule has 182 valence electrons. The number of carbonyl (C=O) groups is 1. The lowest BCUT2D eigenvalue weighted by molar-refractivity contribution is 0.0735. The van der Waals surface area contributed by atoms with Crippen LogP contribution in [0.4, 0.5) is 10.1 Å². The number of halogens is 1. The van der Waals surface area contributed by atoms with Crippen molar-refractivity contribution in [3.05, 3.63) is 95.3 Å². The Hall–Kier alpha value is -3.23. The number of amides is 1. The van der Waals surface area contributed by atoms with Crippen molar-refractivity contribution >= 4 is 21.6 Å². The van der Waals surface area contributed by atoms with Gasteiger partial charge < -0.3 is 9.80 Å². The zero-order chi connectivity index (χ0) is 24.4. The van der Waals surface area contributed by atoms with E-state index in [4.69, 9.17) is 0 Å². The second-order valence-electron chi connectivity index (χ2n) is 9.10. The van der Waals surface area contributed by atoms with Crippen molar-refractivity contribution in [2.24, 2.45) is 0 Å². The Labute approximate surface area is 205 Å². The fraction of sp³-hybridized carbons (Fsp3) is 0.296. The third-order valence-electron chi connectivity index (χ3n) is 6.83. The number of rotatable bonds is 5. The van der Waals surface area contributed by atoms with Gasteiger partial charge in [0.05, 0.1) is 10.5 Å². The Morgan fingerprint density at radius 3 is 2.26 bits per heavy atom. The van der Waals surface area contributed by atoms with Crippen molar-refractivity contribution in [2.45, 2.75) is 36.7 Å². The van der Waals surface area contributed by atoms with E-state index in [2.05, 4.69) is 21.8 Å². The van der Waals surface area contributed by atoms with Gasteiger partial charge in [0, 0.05) is 37.9 Å². The maximum absolute atomic E-state index is 13.5. The third-order valence-corrected chi connectivity index (χ3v) is 8.37. The van der Waals surface area contributed by atoms with E-state index in [0.29, 0.717) is 44.6 Å². The summed E-state index contributed by atoms with van der Waals surface area (Å²) >= 11 is 0. The van der Waals surface area contributed by atoms with Crippen molar-refractivity contribution in [1.29, 1.82) is 0 Å². The molecule has 1 amide bonds. The lowest BCUT2D eigenvalue weighted by Crippen LogP contribution is -2.45. The van der Waals surface area contributed by atoms with Crippen molar-refractivity contribution < 1.29 is 17.6 Å². The van der Waals surface area contributed by atoms with Crippen molar-refractivity contribution in [2.75, 3.05) is 24.5 Å². The van der Waals surface area contributed by atoms with Gasteiger partial charge in [-0.1, -0.05) is 36.4 Å². The predicted molar refractivity (Wildman–Crippen MR) is 133 cm³/mol. The van der Waals surface area contributed by atoms with Gasteiger partial charge in [0.25, 0.3) is 5.91 Å². The van der Waals surface area contributed by atoms with E-state index in [0.717, 1.165) is 24.2 Å². The first-order chi connectivity index (χ1) is 16.9. The number of anilines is 1. The van der Waals surface area contributed by atoms with E-state index in [-0.39, 0.29) is 16.8 Å². The summed E-state index contributed by atoms with van der Waals surface area (Å²) in [6, 6.07) is 20.5. The van der Waals surface area contributed by atoms with Gasteiger partial charge in [0.1, 0.15) is 5.82 Å². The number of hydrogen-bond acceptors (Lipinski definition) is 4. The number of nitrogens with zero attached hydrogens (tertiary/aromatic N) is 2. The molecule has 0 bridgehead atoms. The van der Waals surface area contributed by atoms with E-state index in [9.17, 15) is 17.6 Å². The highest BCUT2D eigenvalue weighted by Gasteiger charge is 2.28. The molecule has 0 saturated carbocycles. The minimum Gasteiger partial charge on any atom is -0.371 e. The summed E-state index contributed by atoms with van der Waals surface area (Å²) in [6.07, 6.45) is 2.07. The fourth-order valence-electron chi connectivity index (χ4n) is 4.91. The standard InChI is InChI=1S/C27H28FN3O3S/c28-22-9-11-24(12-10-22)35(33,34)29-23-14-17-30(18-15-23)26-8-4-3-7-25(26)27(32)31-16-13-20-5-1-2-6-21(20)19-31/h1-12,23,29H,13-19H2. The minimum atomic E-state index is -3.72. The van der Waals surface area contributed by atoms with Crippen LogP contribution in [0.3, 0.4) is 0 Å². The molecule has 0 aromatic heterocycles. The topological polar surface area (TPSA) is 69.7 Å². The summed E-state index contributed by atoms with van der Waals surface area (Å²) < 4.78 is 41.3. The molecule has 1 saturated heterocycles. The molecule has 0 aliphatic carbocycles. The zero-order valence-electron chi connectivity index (χ0n) is 19.4.